The number of ketones is 1. The second-order valence-electron chi connectivity index (χ2n) is 5.85. The number of ether oxygens (including phenoxy) is 2. The van der Waals surface area contributed by atoms with Gasteiger partial charge in [0.2, 0.25) is 5.78 Å². The zero-order valence-electron chi connectivity index (χ0n) is 15.2. The SMILES string of the molecule is COc1ccc(C(=O)[C@H](C)OC(=O)c2ccc(S(C)(=O)=O)c([N+](=O)[O-])c2)cc1. The average molecular weight is 407 g/mol. The van der Waals surface area contributed by atoms with Crippen LogP contribution in [0.1, 0.15) is 27.6 Å². The molecule has 0 fully saturated rings. The first-order valence-electron chi connectivity index (χ1n) is 7.92. The predicted octanol–water partition coefficient (Wildman–Crippen LogP) is 2.44. The van der Waals surface area contributed by atoms with Crippen molar-refractivity contribution in [3.63, 3.8) is 0 Å². The molecule has 10 heteroatoms. The predicted molar refractivity (Wildman–Crippen MR) is 98.4 cm³/mol. The van der Waals surface area contributed by atoms with Crippen molar-refractivity contribution in [2.75, 3.05) is 13.4 Å². The van der Waals surface area contributed by atoms with Crippen molar-refractivity contribution in [3.8, 4) is 5.75 Å². The number of nitro benzene ring substituents is 1. The van der Waals surface area contributed by atoms with E-state index < -0.39 is 43.2 Å². The van der Waals surface area contributed by atoms with E-state index in [0.29, 0.717) is 11.3 Å². The van der Waals surface area contributed by atoms with Crippen LogP contribution in [0.3, 0.4) is 0 Å². The van der Waals surface area contributed by atoms with Crippen LogP contribution in [0.4, 0.5) is 5.69 Å². The summed E-state index contributed by atoms with van der Waals surface area (Å²) in [6.07, 6.45) is -0.335. The summed E-state index contributed by atoms with van der Waals surface area (Å²) < 4.78 is 33.3. The number of benzene rings is 2. The Labute approximate surface area is 161 Å². The van der Waals surface area contributed by atoms with Crippen molar-refractivity contribution in [3.05, 3.63) is 63.7 Å². The highest BCUT2D eigenvalue weighted by Gasteiger charge is 2.26. The molecular weight excluding hydrogens is 390 g/mol. The molecule has 2 rings (SSSR count). The number of nitrogens with zero attached hydrogens (tertiary/aromatic N) is 1. The van der Waals surface area contributed by atoms with Crippen LogP contribution in [0.15, 0.2) is 47.4 Å². The third-order valence-electron chi connectivity index (χ3n) is 3.82. The third-order valence-corrected chi connectivity index (χ3v) is 4.96. The highest BCUT2D eigenvalue weighted by atomic mass is 32.2. The number of esters is 1. The summed E-state index contributed by atoms with van der Waals surface area (Å²) in [5, 5.41) is 11.1. The number of carbonyl (C=O) groups excluding carboxylic acids is 2. The van der Waals surface area contributed by atoms with Crippen molar-refractivity contribution in [1.82, 2.24) is 0 Å². The van der Waals surface area contributed by atoms with Crippen molar-refractivity contribution in [2.24, 2.45) is 0 Å². The lowest BCUT2D eigenvalue weighted by molar-refractivity contribution is -0.387. The molecule has 0 saturated carbocycles. The summed E-state index contributed by atoms with van der Waals surface area (Å²) in [7, 11) is -2.38. The lowest BCUT2D eigenvalue weighted by Gasteiger charge is -2.13. The minimum Gasteiger partial charge on any atom is -0.497 e. The first-order valence-corrected chi connectivity index (χ1v) is 9.81. The van der Waals surface area contributed by atoms with E-state index >= 15 is 0 Å². The van der Waals surface area contributed by atoms with Gasteiger partial charge in [-0.2, -0.15) is 0 Å². The van der Waals surface area contributed by atoms with Crippen molar-refractivity contribution < 1.29 is 32.4 Å². The van der Waals surface area contributed by atoms with E-state index in [1.165, 1.54) is 26.2 Å². The Kier molecular flexibility index (Phi) is 6.14. The number of methoxy groups -OCH3 is 1. The Morgan fingerprint density at radius 1 is 1.07 bits per heavy atom. The Bertz CT molecular complexity index is 1030. The van der Waals surface area contributed by atoms with Crippen LogP contribution >= 0.6 is 0 Å². The quantitative estimate of drug-likeness (QED) is 0.296. The zero-order valence-corrected chi connectivity index (χ0v) is 16.1. The van der Waals surface area contributed by atoms with Gasteiger partial charge in [-0.15, -0.1) is 0 Å². The molecule has 0 aliphatic heterocycles. The Morgan fingerprint density at radius 3 is 2.14 bits per heavy atom. The molecule has 1 atom stereocenters. The van der Waals surface area contributed by atoms with Crippen LogP contribution in [0.25, 0.3) is 0 Å². The van der Waals surface area contributed by atoms with E-state index in [2.05, 4.69) is 0 Å². The zero-order chi connectivity index (χ0) is 21.1. The van der Waals surface area contributed by atoms with Crippen LogP contribution in [0, 0.1) is 10.1 Å². The Balaban J connectivity index is 2.22. The molecule has 0 aromatic heterocycles. The first-order chi connectivity index (χ1) is 13.0. The molecule has 2 aromatic rings. The van der Waals surface area contributed by atoms with Gasteiger partial charge in [0.15, 0.2) is 15.9 Å². The van der Waals surface area contributed by atoms with Crippen LogP contribution in [-0.4, -0.2) is 44.6 Å². The molecule has 0 aliphatic rings. The van der Waals surface area contributed by atoms with Gasteiger partial charge in [0.25, 0.3) is 5.69 Å². The molecule has 0 N–H and O–H groups in total. The molecule has 0 aliphatic carbocycles. The maximum Gasteiger partial charge on any atom is 0.339 e. The summed E-state index contributed by atoms with van der Waals surface area (Å²) in [6, 6.07) is 9.04. The standard InChI is InChI=1S/C18H17NO8S/c1-11(17(20)12-4-7-14(26-2)8-5-12)27-18(21)13-6-9-16(28(3,24)25)15(10-13)19(22)23/h4-11H,1-3H3/t11-/m0/s1. The van der Waals surface area contributed by atoms with E-state index in [4.69, 9.17) is 9.47 Å². The number of sulfone groups is 1. The van der Waals surface area contributed by atoms with E-state index in [1.54, 1.807) is 12.1 Å². The number of hydrogen-bond donors (Lipinski definition) is 0. The summed E-state index contributed by atoms with van der Waals surface area (Å²) in [5.74, 6) is -0.907. The monoisotopic (exact) mass is 407 g/mol. The van der Waals surface area contributed by atoms with Gasteiger partial charge in [0.05, 0.1) is 17.6 Å². The van der Waals surface area contributed by atoms with Gasteiger partial charge < -0.3 is 9.47 Å². The van der Waals surface area contributed by atoms with Crippen molar-refractivity contribution in [1.29, 1.82) is 0 Å². The number of nitro groups is 1. The lowest BCUT2D eigenvalue weighted by atomic mass is 10.1. The van der Waals surface area contributed by atoms with Crippen LogP contribution < -0.4 is 4.74 Å². The Hall–Kier alpha value is -3.27. The minimum absolute atomic E-state index is 0.242. The maximum atomic E-state index is 12.4. The van der Waals surface area contributed by atoms with Gasteiger partial charge in [0.1, 0.15) is 10.6 Å². The number of rotatable bonds is 7. The molecule has 0 bridgehead atoms. The highest BCUT2D eigenvalue weighted by Crippen LogP contribution is 2.25. The van der Waals surface area contributed by atoms with Gasteiger partial charge in [0, 0.05) is 17.9 Å². The molecule has 0 spiro atoms. The van der Waals surface area contributed by atoms with Crippen LogP contribution in [0.5, 0.6) is 5.75 Å². The van der Waals surface area contributed by atoms with Crippen LogP contribution in [-0.2, 0) is 14.6 Å². The van der Waals surface area contributed by atoms with E-state index in [1.807, 2.05) is 0 Å². The normalized spacial score (nSPS) is 12.1. The van der Waals surface area contributed by atoms with Crippen molar-refractivity contribution >= 4 is 27.3 Å². The van der Waals surface area contributed by atoms with E-state index in [9.17, 15) is 28.1 Å². The smallest absolute Gasteiger partial charge is 0.339 e. The molecule has 0 unspecified atom stereocenters. The summed E-state index contributed by atoms with van der Waals surface area (Å²) in [4.78, 5) is 34.3. The molecule has 0 saturated heterocycles. The molecule has 28 heavy (non-hydrogen) atoms. The maximum absolute atomic E-state index is 12.4. The Morgan fingerprint density at radius 2 is 1.64 bits per heavy atom. The first kappa shape index (κ1) is 21.0. The minimum atomic E-state index is -3.86. The summed E-state index contributed by atoms with van der Waals surface area (Å²) in [5.41, 5.74) is -0.695. The topological polar surface area (TPSA) is 130 Å². The van der Waals surface area contributed by atoms with Gasteiger partial charge in [-0.25, -0.2) is 13.2 Å². The molecule has 0 radical (unpaired) electrons. The number of carbonyl (C=O) groups is 2. The molecular formula is C18H17NO8S. The highest BCUT2D eigenvalue weighted by molar-refractivity contribution is 7.90. The second-order valence-corrected chi connectivity index (χ2v) is 7.84. The van der Waals surface area contributed by atoms with Gasteiger partial charge >= 0.3 is 5.97 Å². The summed E-state index contributed by atoms with van der Waals surface area (Å²) >= 11 is 0. The molecule has 9 nitrogen and oxygen atoms in total. The van der Waals surface area contributed by atoms with Gasteiger partial charge in [-0.1, -0.05) is 0 Å². The molecule has 0 amide bonds. The molecule has 2 aromatic carbocycles. The average Bonchev–Trinajstić information content (AvgIpc) is 2.66. The van der Waals surface area contributed by atoms with E-state index in [0.717, 1.165) is 24.5 Å². The fourth-order valence-electron chi connectivity index (χ4n) is 2.37. The fraction of sp³-hybridized carbons (Fsp3) is 0.222. The van der Waals surface area contributed by atoms with Crippen LogP contribution in [0.2, 0.25) is 0 Å². The van der Waals surface area contributed by atoms with E-state index in [-0.39, 0.29) is 5.56 Å². The van der Waals surface area contributed by atoms with Gasteiger partial charge in [-0.05, 0) is 43.3 Å². The second kappa shape index (κ2) is 8.17. The largest absolute Gasteiger partial charge is 0.497 e. The molecule has 0 heterocycles. The number of Topliss-reactive ketones (excluding diaryl/α,β-unsaturated/α-hetero) is 1. The van der Waals surface area contributed by atoms with Crippen molar-refractivity contribution in [2.45, 2.75) is 17.9 Å². The third kappa shape index (κ3) is 4.71. The number of hydrogen-bond acceptors (Lipinski definition) is 8. The van der Waals surface area contributed by atoms with Gasteiger partial charge in [-0.3, -0.25) is 14.9 Å². The molecule has 148 valence electrons. The summed E-state index contributed by atoms with van der Waals surface area (Å²) in [6.45, 7) is 1.36. The fourth-order valence-corrected chi connectivity index (χ4v) is 3.20. The lowest BCUT2D eigenvalue weighted by Crippen LogP contribution is -2.24.